The van der Waals surface area contributed by atoms with Gasteiger partial charge in [0, 0.05) is 7.11 Å². The number of esters is 1. The Morgan fingerprint density at radius 3 is 2.70 bits per heavy atom. The summed E-state index contributed by atoms with van der Waals surface area (Å²) >= 11 is 1.02. The second-order valence-corrected chi connectivity index (χ2v) is 7.73. The number of nitrogens with zero attached hydrogens (tertiary/aromatic N) is 3. The summed E-state index contributed by atoms with van der Waals surface area (Å²) in [6.07, 6.45) is 1.18. The number of benzene rings is 1. The number of nitro benzene ring substituents is 1. The third-order valence-corrected chi connectivity index (χ3v) is 5.79. The molecule has 0 aliphatic carbocycles. The summed E-state index contributed by atoms with van der Waals surface area (Å²) in [5, 5.41) is 13.9. The number of aromatic nitrogens is 2. The van der Waals surface area contributed by atoms with Crippen LogP contribution in [0.1, 0.15) is 15.2 Å². The van der Waals surface area contributed by atoms with E-state index in [0.29, 0.717) is 10.4 Å². The highest BCUT2D eigenvalue weighted by Crippen LogP contribution is 2.29. The van der Waals surface area contributed by atoms with Crippen LogP contribution in [0.5, 0.6) is 5.75 Å². The van der Waals surface area contributed by atoms with Gasteiger partial charge < -0.3 is 19.5 Å². The van der Waals surface area contributed by atoms with Crippen molar-refractivity contribution in [2.45, 2.75) is 13.5 Å². The minimum absolute atomic E-state index is 0.0410. The normalized spacial score (nSPS) is 10.8. The fraction of sp³-hybridized carbons (Fsp3) is 0.300. The number of rotatable bonds is 9. The average molecular weight is 476 g/mol. The lowest BCUT2D eigenvalue weighted by Gasteiger charge is -2.09. The Balaban J connectivity index is 1.84. The van der Waals surface area contributed by atoms with Crippen molar-refractivity contribution in [2.75, 3.05) is 32.8 Å². The Morgan fingerprint density at radius 2 is 2.03 bits per heavy atom. The molecule has 1 N–H and O–H groups in total. The molecular formula is C20H20N4O8S. The zero-order valence-corrected chi connectivity index (χ0v) is 18.8. The first-order chi connectivity index (χ1) is 15.8. The SMILES string of the molecule is COCCOC(=O)c1sc2ncn(CC(=O)Nc3ccc(OC)cc3[N+](=O)[O-])c(=O)c2c1C. The molecule has 3 aromatic rings. The van der Waals surface area contributed by atoms with Crippen LogP contribution in [0.15, 0.2) is 29.3 Å². The predicted molar refractivity (Wildman–Crippen MR) is 119 cm³/mol. The topological polar surface area (TPSA) is 152 Å². The van der Waals surface area contributed by atoms with E-state index in [1.807, 2.05) is 0 Å². The van der Waals surface area contributed by atoms with Crippen LogP contribution in [0.25, 0.3) is 10.2 Å². The number of nitro groups is 1. The fourth-order valence-corrected chi connectivity index (χ4v) is 4.02. The highest BCUT2D eigenvalue weighted by Gasteiger charge is 2.22. The number of fused-ring (bicyclic) bond motifs is 1. The summed E-state index contributed by atoms with van der Waals surface area (Å²) in [6, 6.07) is 3.98. The van der Waals surface area contributed by atoms with Gasteiger partial charge in [0.1, 0.15) is 34.3 Å². The number of aryl methyl sites for hydroxylation is 1. The van der Waals surface area contributed by atoms with E-state index in [4.69, 9.17) is 14.2 Å². The van der Waals surface area contributed by atoms with Crippen molar-refractivity contribution in [3.05, 3.63) is 55.4 Å². The van der Waals surface area contributed by atoms with Crippen LogP contribution in [0.2, 0.25) is 0 Å². The molecule has 0 fully saturated rings. The first kappa shape index (κ1) is 23.8. The molecule has 0 radical (unpaired) electrons. The molecule has 2 heterocycles. The summed E-state index contributed by atoms with van der Waals surface area (Å²) in [5.74, 6) is -1.00. The van der Waals surface area contributed by atoms with E-state index in [1.54, 1.807) is 6.92 Å². The monoisotopic (exact) mass is 476 g/mol. The molecule has 0 bridgehead atoms. The third kappa shape index (κ3) is 5.15. The van der Waals surface area contributed by atoms with E-state index >= 15 is 0 Å². The van der Waals surface area contributed by atoms with Crippen molar-refractivity contribution in [3.63, 3.8) is 0 Å². The van der Waals surface area contributed by atoms with Crippen LogP contribution in [0.3, 0.4) is 0 Å². The maximum Gasteiger partial charge on any atom is 0.348 e. The Kier molecular flexibility index (Phi) is 7.35. The number of hydrogen-bond donors (Lipinski definition) is 1. The van der Waals surface area contributed by atoms with E-state index in [0.717, 1.165) is 15.9 Å². The average Bonchev–Trinajstić information content (AvgIpc) is 3.13. The van der Waals surface area contributed by atoms with Crippen LogP contribution in [-0.4, -0.2) is 53.8 Å². The van der Waals surface area contributed by atoms with Crippen LogP contribution >= 0.6 is 11.3 Å². The molecule has 0 aliphatic heterocycles. The van der Waals surface area contributed by atoms with E-state index in [2.05, 4.69) is 10.3 Å². The molecule has 0 unspecified atom stereocenters. The number of carbonyl (C=O) groups is 2. The molecule has 0 saturated heterocycles. The molecule has 0 saturated carbocycles. The number of ether oxygens (including phenoxy) is 3. The second kappa shape index (κ2) is 10.2. The molecule has 0 spiro atoms. The van der Waals surface area contributed by atoms with Crippen molar-refractivity contribution in [2.24, 2.45) is 0 Å². The van der Waals surface area contributed by atoms with E-state index < -0.39 is 28.9 Å². The molecule has 174 valence electrons. The molecule has 13 heteroatoms. The number of anilines is 1. The van der Waals surface area contributed by atoms with Gasteiger partial charge in [0.15, 0.2) is 0 Å². The van der Waals surface area contributed by atoms with Gasteiger partial charge in [-0.3, -0.25) is 24.3 Å². The molecular weight excluding hydrogens is 456 g/mol. The lowest BCUT2D eigenvalue weighted by Crippen LogP contribution is -2.28. The predicted octanol–water partition coefficient (Wildman–Crippen LogP) is 2.13. The number of nitrogens with one attached hydrogen (secondary N) is 1. The van der Waals surface area contributed by atoms with Gasteiger partial charge in [0.05, 0.1) is 36.4 Å². The number of methoxy groups -OCH3 is 2. The van der Waals surface area contributed by atoms with E-state index in [1.165, 1.54) is 38.7 Å². The zero-order chi connectivity index (χ0) is 24.1. The van der Waals surface area contributed by atoms with Crippen molar-refractivity contribution in [3.8, 4) is 5.75 Å². The fourth-order valence-electron chi connectivity index (χ4n) is 2.99. The Hall–Kier alpha value is -3.84. The van der Waals surface area contributed by atoms with Crippen LogP contribution < -0.4 is 15.6 Å². The Morgan fingerprint density at radius 1 is 1.27 bits per heavy atom. The number of thiophene rings is 1. The quantitative estimate of drug-likeness (QED) is 0.212. The molecule has 33 heavy (non-hydrogen) atoms. The van der Waals surface area contributed by atoms with Crippen molar-refractivity contribution >= 4 is 44.8 Å². The molecule has 12 nitrogen and oxygen atoms in total. The molecule has 0 aliphatic rings. The first-order valence-corrected chi connectivity index (χ1v) is 10.3. The maximum absolute atomic E-state index is 12.9. The van der Waals surface area contributed by atoms with Gasteiger partial charge >= 0.3 is 5.97 Å². The minimum Gasteiger partial charge on any atom is -0.496 e. The van der Waals surface area contributed by atoms with Crippen molar-refractivity contribution in [1.29, 1.82) is 0 Å². The van der Waals surface area contributed by atoms with Crippen molar-refractivity contribution < 1.29 is 28.7 Å². The molecule has 1 aromatic carbocycles. The van der Waals surface area contributed by atoms with Crippen LogP contribution in [0, 0.1) is 17.0 Å². The van der Waals surface area contributed by atoms with Crippen LogP contribution in [-0.2, 0) is 20.8 Å². The zero-order valence-electron chi connectivity index (χ0n) is 17.9. The molecule has 2 aromatic heterocycles. The highest BCUT2D eigenvalue weighted by molar-refractivity contribution is 7.20. The first-order valence-electron chi connectivity index (χ1n) is 9.53. The summed E-state index contributed by atoms with van der Waals surface area (Å²) in [6.45, 7) is 1.47. The number of carbonyl (C=O) groups excluding carboxylic acids is 2. The molecule has 3 rings (SSSR count). The maximum atomic E-state index is 12.9. The van der Waals surface area contributed by atoms with Gasteiger partial charge in [-0.15, -0.1) is 11.3 Å². The van der Waals surface area contributed by atoms with Gasteiger partial charge in [0.25, 0.3) is 11.2 Å². The second-order valence-electron chi connectivity index (χ2n) is 6.73. The smallest absolute Gasteiger partial charge is 0.348 e. The summed E-state index contributed by atoms with van der Waals surface area (Å²) in [5.41, 5.74) is -0.519. The van der Waals surface area contributed by atoms with E-state index in [-0.39, 0.29) is 40.6 Å². The van der Waals surface area contributed by atoms with Gasteiger partial charge in [0.2, 0.25) is 5.91 Å². The standard InChI is InChI=1S/C20H20N4O8S/c1-11-16-18(33-17(11)20(27)32-7-6-30-2)21-10-23(19(16)26)9-15(25)22-13-5-4-12(31-3)8-14(13)24(28)29/h4-5,8,10H,6-7,9H2,1-3H3,(H,22,25). The number of hydrogen-bond acceptors (Lipinski definition) is 10. The number of amides is 1. The van der Waals surface area contributed by atoms with Gasteiger partial charge in [-0.2, -0.15) is 0 Å². The Bertz CT molecular complexity index is 1280. The van der Waals surface area contributed by atoms with Gasteiger partial charge in [-0.25, -0.2) is 9.78 Å². The lowest BCUT2D eigenvalue weighted by molar-refractivity contribution is -0.384. The van der Waals surface area contributed by atoms with Gasteiger partial charge in [-0.05, 0) is 24.6 Å². The highest BCUT2D eigenvalue weighted by atomic mass is 32.1. The van der Waals surface area contributed by atoms with E-state index in [9.17, 15) is 24.5 Å². The molecule has 1 amide bonds. The Labute approximate surface area is 190 Å². The summed E-state index contributed by atoms with van der Waals surface area (Å²) in [7, 11) is 2.85. The summed E-state index contributed by atoms with van der Waals surface area (Å²) in [4.78, 5) is 53.1. The molecule has 0 atom stereocenters. The largest absolute Gasteiger partial charge is 0.496 e. The van der Waals surface area contributed by atoms with Gasteiger partial charge in [-0.1, -0.05) is 0 Å². The van der Waals surface area contributed by atoms with Crippen molar-refractivity contribution in [1.82, 2.24) is 9.55 Å². The minimum atomic E-state index is -0.668. The summed E-state index contributed by atoms with van der Waals surface area (Å²) < 4.78 is 16.0. The lowest BCUT2D eigenvalue weighted by atomic mass is 10.2. The van der Waals surface area contributed by atoms with Crippen LogP contribution in [0.4, 0.5) is 11.4 Å². The third-order valence-electron chi connectivity index (χ3n) is 4.61.